The van der Waals surface area contributed by atoms with Crippen LogP contribution in [0, 0.1) is 6.92 Å². The average molecular weight is 382 g/mol. The molecule has 0 saturated carbocycles. The lowest BCUT2D eigenvalue weighted by atomic mass is 9.72. The van der Waals surface area contributed by atoms with Gasteiger partial charge in [-0.1, -0.05) is 24.3 Å². The van der Waals surface area contributed by atoms with Crippen LogP contribution in [0.3, 0.4) is 0 Å². The standard InChI is InChI=1S/C23H31N3O2/c1-17-16-18(8-11-24-17)26-12-9-23(10-13-26)20-7-5-4-6-19(20)21(22(23)27)25(2)14-15-28-3/h4-8,11,16,21-22,27H,9-10,12-15H2,1-3H3/t21-,22+/m1/s1. The summed E-state index contributed by atoms with van der Waals surface area (Å²) in [6.45, 7) is 5.41. The van der Waals surface area contributed by atoms with E-state index in [1.807, 2.05) is 13.1 Å². The van der Waals surface area contributed by atoms with E-state index in [1.54, 1.807) is 7.11 Å². The van der Waals surface area contributed by atoms with Crippen LogP contribution in [-0.4, -0.2) is 61.5 Å². The van der Waals surface area contributed by atoms with Crippen molar-refractivity contribution in [3.8, 4) is 0 Å². The monoisotopic (exact) mass is 381 g/mol. The highest BCUT2D eigenvalue weighted by atomic mass is 16.5. The highest BCUT2D eigenvalue weighted by Crippen LogP contribution is 2.52. The van der Waals surface area contributed by atoms with Gasteiger partial charge in [0.2, 0.25) is 0 Å². The third-order valence-corrected chi connectivity index (χ3v) is 6.71. The van der Waals surface area contributed by atoms with Gasteiger partial charge in [-0.15, -0.1) is 0 Å². The number of fused-ring (bicyclic) bond motifs is 2. The van der Waals surface area contributed by atoms with Crippen molar-refractivity contribution in [3.05, 3.63) is 59.4 Å². The Hall–Kier alpha value is -1.95. The maximum atomic E-state index is 11.5. The molecule has 4 rings (SSSR count). The van der Waals surface area contributed by atoms with Crippen molar-refractivity contribution in [1.82, 2.24) is 9.88 Å². The first-order valence-corrected chi connectivity index (χ1v) is 10.2. The lowest BCUT2D eigenvalue weighted by Crippen LogP contribution is -2.49. The zero-order chi connectivity index (χ0) is 19.7. The number of aromatic nitrogens is 1. The Kier molecular flexibility index (Phi) is 5.41. The van der Waals surface area contributed by atoms with Gasteiger partial charge >= 0.3 is 0 Å². The molecule has 0 amide bonds. The van der Waals surface area contributed by atoms with E-state index in [4.69, 9.17) is 4.74 Å². The van der Waals surface area contributed by atoms with E-state index in [0.717, 1.165) is 38.2 Å². The van der Waals surface area contributed by atoms with Gasteiger partial charge in [0.15, 0.2) is 0 Å². The number of likely N-dealkylation sites (N-methyl/N-ethyl adjacent to an activating group) is 1. The van der Waals surface area contributed by atoms with Crippen molar-refractivity contribution in [2.75, 3.05) is 45.3 Å². The van der Waals surface area contributed by atoms with E-state index in [1.165, 1.54) is 16.8 Å². The van der Waals surface area contributed by atoms with E-state index in [0.29, 0.717) is 6.61 Å². The summed E-state index contributed by atoms with van der Waals surface area (Å²) < 4.78 is 5.27. The molecule has 0 radical (unpaired) electrons. The van der Waals surface area contributed by atoms with Gasteiger partial charge in [0.25, 0.3) is 0 Å². The summed E-state index contributed by atoms with van der Waals surface area (Å²) in [5, 5.41) is 11.5. The summed E-state index contributed by atoms with van der Waals surface area (Å²) in [5.41, 5.74) is 4.73. The van der Waals surface area contributed by atoms with Crippen LogP contribution in [0.4, 0.5) is 5.69 Å². The van der Waals surface area contributed by atoms with E-state index in [-0.39, 0.29) is 11.5 Å². The number of aliphatic hydroxyl groups is 1. The fourth-order valence-electron chi connectivity index (χ4n) is 5.15. The third kappa shape index (κ3) is 3.21. The highest BCUT2D eigenvalue weighted by Gasteiger charge is 2.53. The topological polar surface area (TPSA) is 48.8 Å². The Labute approximate surface area is 168 Å². The first kappa shape index (κ1) is 19.4. The molecule has 2 heterocycles. The molecular weight excluding hydrogens is 350 g/mol. The van der Waals surface area contributed by atoms with Crippen LogP contribution < -0.4 is 4.90 Å². The molecule has 5 heteroatoms. The lowest BCUT2D eigenvalue weighted by molar-refractivity contribution is 0.00263. The van der Waals surface area contributed by atoms with Crippen molar-refractivity contribution in [3.63, 3.8) is 0 Å². The largest absolute Gasteiger partial charge is 0.390 e. The molecule has 2 aliphatic rings. The third-order valence-electron chi connectivity index (χ3n) is 6.71. The number of aliphatic hydroxyl groups excluding tert-OH is 1. The molecule has 2 atom stereocenters. The van der Waals surface area contributed by atoms with E-state index in [9.17, 15) is 5.11 Å². The molecule has 0 unspecified atom stereocenters. The maximum absolute atomic E-state index is 11.5. The minimum absolute atomic E-state index is 0.0288. The molecule has 0 bridgehead atoms. The minimum Gasteiger partial charge on any atom is -0.390 e. The van der Waals surface area contributed by atoms with Crippen molar-refractivity contribution >= 4 is 5.69 Å². The molecule has 1 N–H and O–H groups in total. The second kappa shape index (κ2) is 7.82. The quantitative estimate of drug-likeness (QED) is 0.863. The highest BCUT2D eigenvalue weighted by molar-refractivity contribution is 5.50. The first-order chi connectivity index (χ1) is 13.6. The lowest BCUT2D eigenvalue weighted by Gasteiger charge is -2.44. The maximum Gasteiger partial charge on any atom is 0.0834 e. The Bertz CT molecular complexity index is 817. The number of pyridine rings is 1. The van der Waals surface area contributed by atoms with Gasteiger partial charge in [0, 0.05) is 49.7 Å². The summed E-state index contributed by atoms with van der Waals surface area (Å²) in [4.78, 5) is 9.00. The number of ether oxygens (including phenoxy) is 1. The Morgan fingerprint density at radius 1 is 1.25 bits per heavy atom. The van der Waals surface area contributed by atoms with Crippen molar-refractivity contribution in [2.45, 2.75) is 37.3 Å². The van der Waals surface area contributed by atoms with Crippen LogP contribution in [0.5, 0.6) is 0 Å². The predicted octanol–water partition coefficient (Wildman–Crippen LogP) is 2.92. The Balaban J connectivity index is 1.59. The van der Waals surface area contributed by atoms with Gasteiger partial charge in [-0.3, -0.25) is 9.88 Å². The molecule has 2 aromatic rings. The van der Waals surface area contributed by atoms with Gasteiger partial charge in [-0.2, -0.15) is 0 Å². The van der Waals surface area contributed by atoms with Gasteiger partial charge < -0.3 is 14.7 Å². The number of piperidine rings is 1. The number of benzene rings is 1. The second-order valence-corrected chi connectivity index (χ2v) is 8.25. The van der Waals surface area contributed by atoms with E-state index < -0.39 is 6.10 Å². The molecule has 1 aliphatic heterocycles. The number of hydrogen-bond acceptors (Lipinski definition) is 5. The van der Waals surface area contributed by atoms with Crippen molar-refractivity contribution in [2.24, 2.45) is 0 Å². The number of methoxy groups -OCH3 is 1. The molecular formula is C23H31N3O2. The zero-order valence-corrected chi connectivity index (χ0v) is 17.1. The van der Waals surface area contributed by atoms with Crippen LogP contribution in [-0.2, 0) is 10.2 Å². The number of anilines is 1. The summed E-state index contributed by atoms with van der Waals surface area (Å²) in [6.07, 6.45) is 3.41. The Morgan fingerprint density at radius 2 is 2.00 bits per heavy atom. The smallest absolute Gasteiger partial charge is 0.0834 e. The van der Waals surface area contributed by atoms with E-state index >= 15 is 0 Å². The molecule has 1 aromatic heterocycles. The molecule has 1 saturated heterocycles. The Morgan fingerprint density at radius 3 is 2.71 bits per heavy atom. The van der Waals surface area contributed by atoms with Gasteiger partial charge in [-0.25, -0.2) is 0 Å². The second-order valence-electron chi connectivity index (χ2n) is 8.25. The molecule has 1 spiro atoms. The van der Waals surface area contributed by atoms with Crippen molar-refractivity contribution in [1.29, 1.82) is 0 Å². The van der Waals surface area contributed by atoms with Crippen LogP contribution in [0.25, 0.3) is 0 Å². The minimum atomic E-state index is -0.395. The average Bonchev–Trinajstić information content (AvgIpc) is 2.95. The number of aryl methyl sites for hydroxylation is 1. The molecule has 1 aromatic carbocycles. The summed E-state index contributed by atoms with van der Waals surface area (Å²) in [5.74, 6) is 0. The van der Waals surface area contributed by atoms with Gasteiger partial charge in [-0.05, 0) is 50.1 Å². The zero-order valence-electron chi connectivity index (χ0n) is 17.1. The van der Waals surface area contributed by atoms with Crippen LogP contribution >= 0.6 is 0 Å². The summed E-state index contributed by atoms with van der Waals surface area (Å²) >= 11 is 0. The number of hydrogen-bond donors (Lipinski definition) is 1. The number of rotatable bonds is 5. The molecule has 1 fully saturated rings. The van der Waals surface area contributed by atoms with Crippen LogP contribution in [0.1, 0.15) is 35.7 Å². The first-order valence-electron chi connectivity index (χ1n) is 10.2. The molecule has 1 aliphatic carbocycles. The predicted molar refractivity (Wildman–Crippen MR) is 112 cm³/mol. The van der Waals surface area contributed by atoms with Crippen molar-refractivity contribution < 1.29 is 9.84 Å². The number of nitrogens with zero attached hydrogens (tertiary/aromatic N) is 3. The van der Waals surface area contributed by atoms with Gasteiger partial charge in [0.1, 0.15) is 0 Å². The fourth-order valence-corrected chi connectivity index (χ4v) is 5.15. The summed E-state index contributed by atoms with van der Waals surface area (Å²) in [7, 11) is 3.82. The molecule has 28 heavy (non-hydrogen) atoms. The van der Waals surface area contributed by atoms with Gasteiger partial charge in [0.05, 0.1) is 18.8 Å². The fraction of sp³-hybridized carbons (Fsp3) is 0.522. The van der Waals surface area contributed by atoms with Crippen LogP contribution in [0.2, 0.25) is 0 Å². The van der Waals surface area contributed by atoms with Crippen LogP contribution in [0.15, 0.2) is 42.6 Å². The summed E-state index contributed by atoms with van der Waals surface area (Å²) in [6, 6.07) is 12.9. The normalized spacial score (nSPS) is 23.4. The van der Waals surface area contributed by atoms with E-state index in [2.05, 4.69) is 58.2 Å². The molecule has 5 nitrogen and oxygen atoms in total. The SMILES string of the molecule is COCCN(C)[C@@H]1c2ccccc2C2(CCN(c3ccnc(C)c3)CC2)[C@H]1O. The molecule has 150 valence electrons.